The molecule has 0 unspecified atom stereocenters. The number of alkyl halides is 2. The van der Waals surface area contributed by atoms with Gasteiger partial charge in [0.15, 0.2) is 0 Å². The minimum Gasteiger partial charge on any atom is -0.478 e. The maximum atomic E-state index is 12.1. The highest BCUT2D eigenvalue weighted by molar-refractivity contribution is 5.79. The number of rotatable bonds is 2. The van der Waals surface area contributed by atoms with E-state index in [-0.39, 0.29) is 18.8 Å². The molecule has 0 aromatic heterocycles. The van der Waals surface area contributed by atoms with Gasteiger partial charge in [0.05, 0.1) is 0 Å². The molecule has 0 aromatic carbocycles. The molecule has 0 aromatic rings. The van der Waals surface area contributed by atoms with Gasteiger partial charge in [0, 0.05) is 18.9 Å². The zero-order chi connectivity index (χ0) is 8.48. The molecule has 1 N–H and O–H groups in total. The molecule has 0 saturated heterocycles. The summed E-state index contributed by atoms with van der Waals surface area (Å²) >= 11 is 0. The van der Waals surface area contributed by atoms with E-state index in [1.165, 1.54) is 6.08 Å². The summed E-state index contributed by atoms with van der Waals surface area (Å²) in [5, 5.41) is 8.14. The van der Waals surface area contributed by atoms with Crippen LogP contribution in [0.15, 0.2) is 12.2 Å². The minimum atomic E-state index is -2.56. The summed E-state index contributed by atoms with van der Waals surface area (Å²) in [5.41, 5.74) is 0. The Morgan fingerprint density at radius 3 is 2.45 bits per heavy atom. The van der Waals surface area contributed by atoms with Crippen LogP contribution >= 0.6 is 0 Å². The molecular weight excluding hydrogens is 154 g/mol. The summed E-state index contributed by atoms with van der Waals surface area (Å²) in [6.45, 7) is 0. The fraction of sp³-hybridized carbons (Fsp3) is 0.571. The molecule has 1 fully saturated rings. The zero-order valence-electron chi connectivity index (χ0n) is 5.76. The van der Waals surface area contributed by atoms with Crippen molar-refractivity contribution in [3.8, 4) is 0 Å². The lowest BCUT2D eigenvalue weighted by Gasteiger charge is -2.32. The van der Waals surface area contributed by atoms with Gasteiger partial charge in [-0.05, 0) is 5.92 Å². The van der Waals surface area contributed by atoms with Gasteiger partial charge >= 0.3 is 5.97 Å². The average molecular weight is 162 g/mol. The maximum Gasteiger partial charge on any atom is 0.327 e. The van der Waals surface area contributed by atoms with Crippen molar-refractivity contribution in [1.29, 1.82) is 0 Å². The van der Waals surface area contributed by atoms with E-state index in [4.69, 9.17) is 5.11 Å². The number of carboxylic acid groups (broad SMARTS) is 1. The minimum absolute atomic E-state index is 0.212. The first-order valence-electron chi connectivity index (χ1n) is 3.28. The fourth-order valence-corrected chi connectivity index (χ4v) is 1.06. The molecule has 0 aliphatic heterocycles. The number of aliphatic carboxylic acids is 1. The third-order valence-corrected chi connectivity index (χ3v) is 1.63. The van der Waals surface area contributed by atoms with E-state index in [1.807, 2.05) is 0 Å². The van der Waals surface area contributed by atoms with Crippen molar-refractivity contribution in [2.45, 2.75) is 18.8 Å². The topological polar surface area (TPSA) is 37.3 Å². The molecule has 2 nitrogen and oxygen atoms in total. The standard InChI is InChI=1S/C7H8F2O2/c8-7(9)3-5(4-7)1-2-6(10)11/h1-2,5H,3-4H2,(H,10,11)/b2-1+. The first-order valence-corrected chi connectivity index (χ1v) is 3.28. The van der Waals surface area contributed by atoms with Crippen molar-refractivity contribution < 1.29 is 18.7 Å². The van der Waals surface area contributed by atoms with Crippen LogP contribution in [0.1, 0.15) is 12.8 Å². The molecule has 1 saturated carbocycles. The van der Waals surface area contributed by atoms with Crippen LogP contribution in [0, 0.1) is 5.92 Å². The summed E-state index contributed by atoms with van der Waals surface area (Å²) in [6, 6.07) is 0. The van der Waals surface area contributed by atoms with E-state index in [0.717, 1.165) is 6.08 Å². The van der Waals surface area contributed by atoms with Crippen molar-refractivity contribution in [3.05, 3.63) is 12.2 Å². The summed E-state index contributed by atoms with van der Waals surface area (Å²) in [6.07, 6.45) is 1.81. The molecule has 1 rings (SSSR count). The van der Waals surface area contributed by atoms with Gasteiger partial charge in [-0.25, -0.2) is 13.6 Å². The van der Waals surface area contributed by atoms with Crippen molar-refractivity contribution in [2.75, 3.05) is 0 Å². The normalized spacial score (nSPS) is 23.5. The van der Waals surface area contributed by atoms with Crippen LogP contribution in [-0.4, -0.2) is 17.0 Å². The van der Waals surface area contributed by atoms with Gasteiger partial charge in [-0.2, -0.15) is 0 Å². The number of carboxylic acids is 1. The van der Waals surface area contributed by atoms with Crippen LogP contribution < -0.4 is 0 Å². The SMILES string of the molecule is O=C(O)/C=C/C1CC(F)(F)C1. The second-order valence-electron chi connectivity index (χ2n) is 2.72. The Morgan fingerprint density at radius 2 is 2.09 bits per heavy atom. The molecule has 0 bridgehead atoms. The molecule has 0 amide bonds. The average Bonchev–Trinajstić information content (AvgIpc) is 1.78. The first-order chi connectivity index (χ1) is 4.99. The van der Waals surface area contributed by atoms with Crippen molar-refractivity contribution in [1.82, 2.24) is 0 Å². The lowest BCUT2D eigenvalue weighted by atomic mass is 9.81. The van der Waals surface area contributed by atoms with Crippen molar-refractivity contribution in [2.24, 2.45) is 5.92 Å². The third kappa shape index (κ3) is 2.29. The molecule has 11 heavy (non-hydrogen) atoms. The van der Waals surface area contributed by atoms with Crippen LogP contribution in [0.3, 0.4) is 0 Å². The Bertz CT molecular complexity index is 191. The Balaban J connectivity index is 2.29. The zero-order valence-corrected chi connectivity index (χ0v) is 5.76. The highest BCUT2D eigenvalue weighted by Crippen LogP contribution is 2.42. The Labute approximate surface area is 62.5 Å². The quantitative estimate of drug-likeness (QED) is 0.627. The Kier molecular flexibility index (Phi) is 1.93. The van der Waals surface area contributed by atoms with Crippen molar-refractivity contribution in [3.63, 3.8) is 0 Å². The Hall–Kier alpha value is -0.930. The fourth-order valence-electron chi connectivity index (χ4n) is 1.06. The molecule has 0 spiro atoms. The van der Waals surface area contributed by atoms with Crippen LogP contribution in [-0.2, 0) is 4.79 Å². The predicted molar refractivity (Wildman–Crippen MR) is 34.4 cm³/mol. The van der Waals surface area contributed by atoms with Gasteiger partial charge < -0.3 is 5.11 Å². The molecule has 62 valence electrons. The molecule has 0 atom stereocenters. The van der Waals surface area contributed by atoms with Gasteiger partial charge in [-0.15, -0.1) is 0 Å². The molecule has 0 radical (unpaired) electrons. The summed E-state index contributed by atoms with van der Waals surface area (Å²) in [7, 11) is 0. The third-order valence-electron chi connectivity index (χ3n) is 1.63. The van der Waals surface area contributed by atoms with E-state index in [1.54, 1.807) is 0 Å². The number of hydrogen-bond donors (Lipinski definition) is 1. The number of hydrogen-bond acceptors (Lipinski definition) is 1. The largest absolute Gasteiger partial charge is 0.478 e. The Morgan fingerprint density at radius 1 is 1.55 bits per heavy atom. The van der Waals surface area contributed by atoms with Gasteiger partial charge in [0.2, 0.25) is 5.92 Å². The van der Waals surface area contributed by atoms with Gasteiger partial charge in [-0.1, -0.05) is 6.08 Å². The van der Waals surface area contributed by atoms with Crippen LogP contribution in [0.5, 0.6) is 0 Å². The van der Waals surface area contributed by atoms with Gasteiger partial charge in [0.25, 0.3) is 0 Å². The first kappa shape index (κ1) is 8.17. The van der Waals surface area contributed by atoms with Crippen LogP contribution in [0.25, 0.3) is 0 Å². The summed E-state index contributed by atoms with van der Waals surface area (Å²) < 4.78 is 24.3. The second kappa shape index (κ2) is 2.60. The molecule has 0 heterocycles. The van der Waals surface area contributed by atoms with Crippen LogP contribution in [0.2, 0.25) is 0 Å². The number of allylic oxidation sites excluding steroid dienone is 1. The molecule has 4 heteroatoms. The smallest absolute Gasteiger partial charge is 0.327 e. The monoisotopic (exact) mass is 162 g/mol. The molecule has 1 aliphatic rings. The lowest BCUT2D eigenvalue weighted by molar-refractivity contribution is -0.131. The maximum absolute atomic E-state index is 12.1. The highest BCUT2D eigenvalue weighted by atomic mass is 19.3. The van der Waals surface area contributed by atoms with Gasteiger partial charge in [0.1, 0.15) is 0 Å². The van der Waals surface area contributed by atoms with Gasteiger partial charge in [-0.3, -0.25) is 0 Å². The summed E-state index contributed by atoms with van der Waals surface area (Å²) in [4.78, 5) is 9.93. The predicted octanol–water partition coefficient (Wildman–Crippen LogP) is 1.67. The highest BCUT2D eigenvalue weighted by Gasteiger charge is 2.43. The molecule has 1 aliphatic carbocycles. The van der Waals surface area contributed by atoms with E-state index in [9.17, 15) is 13.6 Å². The van der Waals surface area contributed by atoms with Crippen molar-refractivity contribution >= 4 is 5.97 Å². The van der Waals surface area contributed by atoms with Crippen LogP contribution in [0.4, 0.5) is 8.78 Å². The summed E-state index contributed by atoms with van der Waals surface area (Å²) in [5.74, 6) is -3.89. The van der Waals surface area contributed by atoms with E-state index >= 15 is 0 Å². The number of carbonyl (C=O) groups is 1. The molecular formula is C7H8F2O2. The second-order valence-corrected chi connectivity index (χ2v) is 2.72. The number of halogens is 2. The van der Waals surface area contributed by atoms with E-state index in [0.29, 0.717) is 0 Å². The lowest BCUT2D eigenvalue weighted by Crippen LogP contribution is -2.34. The van der Waals surface area contributed by atoms with E-state index < -0.39 is 11.9 Å². The van der Waals surface area contributed by atoms with E-state index in [2.05, 4.69) is 0 Å².